The van der Waals surface area contributed by atoms with Gasteiger partial charge in [-0.1, -0.05) is 18.2 Å². The first-order chi connectivity index (χ1) is 13.5. The van der Waals surface area contributed by atoms with Crippen molar-refractivity contribution in [3.05, 3.63) is 76.4 Å². The Bertz CT molecular complexity index is 1110. The number of hydrogen-bond acceptors (Lipinski definition) is 5. The average molecular weight is 370 g/mol. The van der Waals surface area contributed by atoms with Gasteiger partial charge in [0, 0.05) is 29.7 Å². The number of aromatic nitrogens is 2. The van der Waals surface area contributed by atoms with E-state index in [1.807, 2.05) is 32.0 Å². The fourth-order valence-corrected chi connectivity index (χ4v) is 3.25. The Morgan fingerprint density at radius 2 is 1.79 bits per heavy atom. The van der Waals surface area contributed by atoms with Crippen LogP contribution in [-0.4, -0.2) is 22.6 Å². The SMILES string of the molecule is COC(=O)c1ccc(Cn2c(C)c(C#N)c(-c3ccc(C#N)cc3)c2C)cn1. The van der Waals surface area contributed by atoms with E-state index in [4.69, 9.17) is 5.26 Å². The van der Waals surface area contributed by atoms with Crippen LogP contribution in [0, 0.1) is 36.5 Å². The maximum atomic E-state index is 11.5. The Morgan fingerprint density at radius 3 is 2.32 bits per heavy atom. The van der Waals surface area contributed by atoms with Crippen LogP contribution in [0.25, 0.3) is 11.1 Å². The average Bonchev–Trinajstić information content (AvgIpc) is 2.97. The largest absolute Gasteiger partial charge is 0.464 e. The van der Waals surface area contributed by atoms with Crippen molar-refractivity contribution in [3.8, 4) is 23.3 Å². The lowest BCUT2D eigenvalue weighted by molar-refractivity contribution is 0.0594. The molecule has 1 aromatic carbocycles. The van der Waals surface area contributed by atoms with Crippen LogP contribution < -0.4 is 0 Å². The minimum Gasteiger partial charge on any atom is -0.464 e. The second-order valence-electron chi connectivity index (χ2n) is 6.35. The number of nitriles is 2. The van der Waals surface area contributed by atoms with Crippen molar-refractivity contribution in [1.82, 2.24) is 9.55 Å². The predicted octanol–water partition coefficient (Wildman–Crippen LogP) is 3.75. The van der Waals surface area contributed by atoms with Crippen LogP contribution in [0.3, 0.4) is 0 Å². The molecule has 2 heterocycles. The van der Waals surface area contributed by atoms with Crippen molar-refractivity contribution in [2.24, 2.45) is 0 Å². The van der Waals surface area contributed by atoms with Gasteiger partial charge in [0.15, 0.2) is 0 Å². The lowest BCUT2D eigenvalue weighted by atomic mass is 10.0. The van der Waals surface area contributed by atoms with Crippen molar-refractivity contribution >= 4 is 5.97 Å². The fraction of sp³-hybridized carbons (Fsp3) is 0.182. The number of pyridine rings is 1. The highest BCUT2D eigenvalue weighted by atomic mass is 16.5. The van der Waals surface area contributed by atoms with Crippen molar-refractivity contribution in [2.75, 3.05) is 7.11 Å². The summed E-state index contributed by atoms with van der Waals surface area (Å²) in [4.78, 5) is 15.7. The summed E-state index contributed by atoms with van der Waals surface area (Å²) in [7, 11) is 1.32. The normalized spacial score (nSPS) is 10.2. The molecule has 0 amide bonds. The molecule has 138 valence electrons. The predicted molar refractivity (Wildman–Crippen MR) is 103 cm³/mol. The summed E-state index contributed by atoms with van der Waals surface area (Å²) in [5.74, 6) is -0.477. The number of hydrogen-bond donors (Lipinski definition) is 0. The van der Waals surface area contributed by atoms with Crippen molar-refractivity contribution < 1.29 is 9.53 Å². The van der Waals surface area contributed by atoms with Crippen LogP contribution in [0.1, 0.15) is 38.6 Å². The molecule has 6 heteroatoms. The zero-order valence-electron chi connectivity index (χ0n) is 15.9. The molecule has 0 saturated heterocycles. The van der Waals surface area contributed by atoms with Crippen molar-refractivity contribution in [3.63, 3.8) is 0 Å². The summed E-state index contributed by atoms with van der Waals surface area (Å²) in [6.45, 7) is 4.41. The molecule has 28 heavy (non-hydrogen) atoms. The van der Waals surface area contributed by atoms with Gasteiger partial charge in [-0.2, -0.15) is 10.5 Å². The summed E-state index contributed by atoms with van der Waals surface area (Å²) in [5, 5.41) is 18.7. The highest BCUT2D eigenvalue weighted by Gasteiger charge is 2.19. The van der Waals surface area contributed by atoms with E-state index >= 15 is 0 Å². The number of carbonyl (C=O) groups is 1. The van der Waals surface area contributed by atoms with E-state index in [9.17, 15) is 10.1 Å². The van der Waals surface area contributed by atoms with Gasteiger partial charge in [-0.05, 0) is 43.2 Å². The third-order valence-corrected chi connectivity index (χ3v) is 4.76. The molecule has 0 bridgehead atoms. The number of esters is 1. The van der Waals surface area contributed by atoms with Gasteiger partial charge in [0.2, 0.25) is 0 Å². The molecule has 2 aromatic heterocycles. The van der Waals surface area contributed by atoms with Crippen LogP contribution in [0.15, 0.2) is 42.6 Å². The fourth-order valence-electron chi connectivity index (χ4n) is 3.25. The maximum Gasteiger partial charge on any atom is 0.356 e. The van der Waals surface area contributed by atoms with Gasteiger partial charge in [0.1, 0.15) is 11.8 Å². The molecule has 0 saturated carbocycles. The Kier molecular flexibility index (Phi) is 5.24. The monoisotopic (exact) mass is 370 g/mol. The van der Waals surface area contributed by atoms with Gasteiger partial charge in [-0.25, -0.2) is 9.78 Å². The van der Waals surface area contributed by atoms with Gasteiger partial charge in [-0.15, -0.1) is 0 Å². The first kappa shape index (κ1) is 18.9. The van der Waals surface area contributed by atoms with Crippen LogP contribution in [0.4, 0.5) is 0 Å². The molecule has 6 nitrogen and oxygen atoms in total. The number of benzene rings is 1. The summed E-state index contributed by atoms with van der Waals surface area (Å²) in [6, 6.07) is 15.1. The van der Waals surface area contributed by atoms with Gasteiger partial charge in [0.05, 0.1) is 24.3 Å². The number of nitrogens with zero attached hydrogens (tertiary/aromatic N) is 4. The number of rotatable bonds is 4. The zero-order valence-corrected chi connectivity index (χ0v) is 15.9. The lowest BCUT2D eigenvalue weighted by Crippen LogP contribution is -2.07. The number of ether oxygens (including phenoxy) is 1. The molecule has 0 aliphatic carbocycles. The van der Waals surface area contributed by atoms with E-state index in [-0.39, 0.29) is 5.69 Å². The first-order valence-corrected chi connectivity index (χ1v) is 8.63. The molecule has 0 radical (unpaired) electrons. The Hall–Kier alpha value is -3.90. The molecular weight excluding hydrogens is 352 g/mol. The first-order valence-electron chi connectivity index (χ1n) is 8.63. The molecule has 0 spiro atoms. The smallest absolute Gasteiger partial charge is 0.356 e. The second kappa shape index (κ2) is 7.77. The number of carbonyl (C=O) groups excluding carboxylic acids is 1. The third-order valence-electron chi connectivity index (χ3n) is 4.76. The molecule has 0 unspecified atom stereocenters. The van der Waals surface area contributed by atoms with Crippen LogP contribution in [-0.2, 0) is 11.3 Å². The van der Waals surface area contributed by atoms with Gasteiger partial charge in [-0.3, -0.25) is 0 Å². The minimum absolute atomic E-state index is 0.253. The zero-order chi connectivity index (χ0) is 20.3. The number of methoxy groups -OCH3 is 1. The highest BCUT2D eigenvalue weighted by molar-refractivity contribution is 5.87. The third kappa shape index (κ3) is 3.36. The standard InChI is InChI=1S/C22H18N4O2/c1-14-19(11-24)21(18-7-4-16(10-23)5-8-18)15(2)26(14)13-17-6-9-20(25-12-17)22(27)28-3/h4-9,12H,13H2,1-3H3. The highest BCUT2D eigenvalue weighted by Crippen LogP contribution is 2.32. The summed E-state index contributed by atoms with van der Waals surface area (Å²) < 4.78 is 6.73. The topological polar surface area (TPSA) is 91.7 Å². The Labute approximate surface area is 163 Å². The second-order valence-corrected chi connectivity index (χ2v) is 6.35. The van der Waals surface area contributed by atoms with E-state index in [1.54, 1.807) is 24.4 Å². The molecule has 0 aliphatic rings. The van der Waals surface area contributed by atoms with Crippen LogP contribution >= 0.6 is 0 Å². The van der Waals surface area contributed by atoms with Gasteiger partial charge in [0.25, 0.3) is 0 Å². The lowest BCUT2D eigenvalue weighted by Gasteiger charge is -2.10. The summed E-state index contributed by atoms with van der Waals surface area (Å²) >= 11 is 0. The molecule has 3 rings (SSSR count). The minimum atomic E-state index is -0.477. The van der Waals surface area contributed by atoms with Crippen LogP contribution in [0.2, 0.25) is 0 Å². The van der Waals surface area contributed by atoms with Crippen molar-refractivity contribution in [1.29, 1.82) is 10.5 Å². The van der Waals surface area contributed by atoms with E-state index in [0.717, 1.165) is 28.1 Å². The molecule has 0 fully saturated rings. The molecule has 0 atom stereocenters. The quantitative estimate of drug-likeness (QED) is 0.652. The van der Waals surface area contributed by atoms with Crippen molar-refractivity contribution in [2.45, 2.75) is 20.4 Å². The molecule has 0 N–H and O–H groups in total. The Balaban J connectivity index is 2.01. The van der Waals surface area contributed by atoms with Gasteiger partial charge >= 0.3 is 5.97 Å². The summed E-state index contributed by atoms with van der Waals surface area (Å²) in [5.41, 5.74) is 5.92. The molecule has 0 aliphatic heterocycles. The van der Waals surface area contributed by atoms with E-state index in [2.05, 4.69) is 26.4 Å². The van der Waals surface area contributed by atoms with E-state index < -0.39 is 5.97 Å². The summed E-state index contributed by atoms with van der Waals surface area (Å²) in [6.07, 6.45) is 1.64. The van der Waals surface area contributed by atoms with E-state index in [1.165, 1.54) is 7.11 Å². The molecule has 3 aromatic rings. The molecular formula is C22H18N4O2. The maximum absolute atomic E-state index is 11.5. The van der Waals surface area contributed by atoms with Crippen LogP contribution in [0.5, 0.6) is 0 Å². The van der Waals surface area contributed by atoms with E-state index in [0.29, 0.717) is 17.7 Å². The van der Waals surface area contributed by atoms with Gasteiger partial charge < -0.3 is 9.30 Å². The Morgan fingerprint density at radius 1 is 1.07 bits per heavy atom.